The molecule has 2 amide bonds. The third-order valence-electron chi connectivity index (χ3n) is 4.12. The summed E-state index contributed by atoms with van der Waals surface area (Å²) >= 11 is 0. The van der Waals surface area contributed by atoms with Gasteiger partial charge in [0.1, 0.15) is 5.82 Å². The van der Waals surface area contributed by atoms with E-state index in [0.717, 1.165) is 18.4 Å². The molecule has 1 unspecified atom stereocenters. The molecule has 0 aromatic heterocycles. The van der Waals surface area contributed by atoms with E-state index in [1.165, 1.54) is 6.07 Å². The Balaban J connectivity index is 1.77. The van der Waals surface area contributed by atoms with Crippen LogP contribution in [-0.2, 0) is 5.41 Å². The van der Waals surface area contributed by atoms with E-state index in [0.29, 0.717) is 18.9 Å². The average molecular weight is 308 g/mol. The van der Waals surface area contributed by atoms with Gasteiger partial charge in [0.2, 0.25) is 0 Å². The van der Waals surface area contributed by atoms with E-state index in [4.69, 9.17) is 0 Å². The Morgan fingerprint density at radius 2 is 2.09 bits per heavy atom. The second-order valence-corrected chi connectivity index (χ2v) is 6.64. The maximum Gasteiger partial charge on any atom is 0.314 e. The van der Waals surface area contributed by atoms with Crippen molar-refractivity contribution in [3.05, 3.63) is 35.6 Å². The number of aliphatic hydroxyl groups excluding tert-OH is 1. The predicted octanol–water partition coefficient (Wildman–Crippen LogP) is 2.56. The lowest BCUT2D eigenvalue weighted by Crippen LogP contribution is -2.42. The zero-order chi connectivity index (χ0) is 16.2. The molecule has 1 atom stereocenters. The number of carbonyl (C=O) groups is 1. The van der Waals surface area contributed by atoms with Crippen molar-refractivity contribution in [3.8, 4) is 0 Å². The summed E-state index contributed by atoms with van der Waals surface area (Å²) in [6.07, 6.45) is 2.04. The Morgan fingerprint density at radius 1 is 1.36 bits per heavy atom. The number of carbonyl (C=O) groups excluding carboxylic acids is 1. The quantitative estimate of drug-likeness (QED) is 0.725. The van der Waals surface area contributed by atoms with E-state index >= 15 is 0 Å². The Kier molecular flexibility index (Phi) is 5.40. The van der Waals surface area contributed by atoms with Crippen LogP contribution in [0.5, 0.6) is 0 Å². The first-order valence-electron chi connectivity index (χ1n) is 7.87. The average Bonchev–Trinajstić information content (AvgIpc) is 3.23. The van der Waals surface area contributed by atoms with Crippen molar-refractivity contribution in [2.24, 2.45) is 5.92 Å². The molecule has 0 aliphatic heterocycles. The molecule has 0 saturated heterocycles. The van der Waals surface area contributed by atoms with Gasteiger partial charge in [-0.1, -0.05) is 26.0 Å². The van der Waals surface area contributed by atoms with Crippen molar-refractivity contribution in [3.63, 3.8) is 0 Å². The number of nitrogens with one attached hydrogen (secondary N) is 2. The van der Waals surface area contributed by atoms with Gasteiger partial charge in [-0.2, -0.15) is 0 Å². The van der Waals surface area contributed by atoms with Crippen LogP contribution in [0.3, 0.4) is 0 Å². The summed E-state index contributed by atoms with van der Waals surface area (Å²) in [6, 6.07) is 6.29. The molecule has 0 heterocycles. The largest absolute Gasteiger partial charge is 0.391 e. The van der Waals surface area contributed by atoms with Gasteiger partial charge >= 0.3 is 6.03 Å². The summed E-state index contributed by atoms with van der Waals surface area (Å²) in [7, 11) is 0. The van der Waals surface area contributed by atoms with Gasteiger partial charge in [0.15, 0.2) is 0 Å². The first-order chi connectivity index (χ1) is 10.4. The van der Waals surface area contributed by atoms with Gasteiger partial charge in [0, 0.05) is 18.5 Å². The minimum absolute atomic E-state index is 0.129. The zero-order valence-corrected chi connectivity index (χ0v) is 13.2. The number of benzene rings is 1. The van der Waals surface area contributed by atoms with E-state index in [1.807, 2.05) is 19.9 Å². The van der Waals surface area contributed by atoms with Gasteiger partial charge in [-0.3, -0.25) is 0 Å². The normalized spacial score (nSPS) is 17.1. The summed E-state index contributed by atoms with van der Waals surface area (Å²) in [6.45, 7) is 4.79. The summed E-state index contributed by atoms with van der Waals surface area (Å²) in [4.78, 5) is 11.8. The summed E-state index contributed by atoms with van der Waals surface area (Å²) in [5.41, 5.74) is 0.809. The number of amides is 2. The standard InChI is InChI=1S/C17H25FN2O2/c1-12(2)8-15(21)10-19-16(22)20-11-17(6-7-17)13-4-3-5-14(18)9-13/h3-5,9,12,15,21H,6-8,10-11H2,1-2H3,(H2,19,20,22). The summed E-state index contributed by atoms with van der Waals surface area (Å²) < 4.78 is 13.3. The maximum absolute atomic E-state index is 13.3. The highest BCUT2D eigenvalue weighted by Gasteiger charge is 2.44. The van der Waals surface area contributed by atoms with Crippen LogP contribution in [0.25, 0.3) is 0 Å². The molecule has 5 heteroatoms. The summed E-state index contributed by atoms with van der Waals surface area (Å²) in [5, 5.41) is 15.2. The highest BCUT2D eigenvalue weighted by Crippen LogP contribution is 2.47. The molecule has 1 aliphatic rings. The Hall–Kier alpha value is -1.62. The topological polar surface area (TPSA) is 61.4 Å². The van der Waals surface area contributed by atoms with Crippen molar-refractivity contribution in [2.45, 2.75) is 44.6 Å². The van der Waals surface area contributed by atoms with Crippen LogP contribution in [0.4, 0.5) is 9.18 Å². The molecule has 1 aromatic carbocycles. The smallest absolute Gasteiger partial charge is 0.314 e. The zero-order valence-electron chi connectivity index (χ0n) is 13.2. The molecule has 0 bridgehead atoms. The molecule has 1 fully saturated rings. The number of urea groups is 1. The lowest BCUT2D eigenvalue weighted by atomic mass is 9.96. The van der Waals surface area contributed by atoms with Crippen molar-refractivity contribution in [1.82, 2.24) is 10.6 Å². The minimum atomic E-state index is -0.524. The molecule has 1 aromatic rings. The number of halogens is 1. The van der Waals surface area contributed by atoms with Crippen LogP contribution in [-0.4, -0.2) is 30.3 Å². The molecule has 3 N–H and O–H groups in total. The van der Waals surface area contributed by atoms with E-state index in [1.54, 1.807) is 12.1 Å². The van der Waals surface area contributed by atoms with Crippen LogP contribution in [0, 0.1) is 11.7 Å². The van der Waals surface area contributed by atoms with Crippen molar-refractivity contribution in [1.29, 1.82) is 0 Å². The highest BCUT2D eigenvalue weighted by atomic mass is 19.1. The lowest BCUT2D eigenvalue weighted by Gasteiger charge is -2.18. The molecule has 1 aliphatic carbocycles. The van der Waals surface area contributed by atoms with Gasteiger partial charge in [0.05, 0.1) is 6.10 Å². The fourth-order valence-corrected chi connectivity index (χ4v) is 2.69. The van der Waals surface area contributed by atoms with Crippen LogP contribution in [0.1, 0.15) is 38.7 Å². The Labute approximate surface area is 131 Å². The van der Waals surface area contributed by atoms with Gasteiger partial charge in [0.25, 0.3) is 0 Å². The van der Waals surface area contributed by atoms with Crippen LogP contribution < -0.4 is 10.6 Å². The molecule has 1 saturated carbocycles. The lowest BCUT2D eigenvalue weighted by molar-refractivity contribution is 0.146. The fraction of sp³-hybridized carbons (Fsp3) is 0.588. The van der Waals surface area contributed by atoms with E-state index in [-0.39, 0.29) is 23.8 Å². The van der Waals surface area contributed by atoms with Crippen molar-refractivity contribution < 1.29 is 14.3 Å². The van der Waals surface area contributed by atoms with Crippen LogP contribution in [0.15, 0.2) is 24.3 Å². The van der Waals surface area contributed by atoms with Crippen LogP contribution >= 0.6 is 0 Å². The van der Waals surface area contributed by atoms with E-state index < -0.39 is 6.10 Å². The molecule has 0 spiro atoms. The SMILES string of the molecule is CC(C)CC(O)CNC(=O)NCC1(c2cccc(F)c2)CC1. The molecule has 2 rings (SSSR count). The molecular weight excluding hydrogens is 283 g/mol. The van der Waals surface area contributed by atoms with E-state index in [9.17, 15) is 14.3 Å². The number of hydrogen-bond acceptors (Lipinski definition) is 2. The number of rotatable bonds is 7. The second-order valence-electron chi connectivity index (χ2n) is 6.64. The molecular formula is C17H25FN2O2. The first kappa shape index (κ1) is 16.7. The Bertz CT molecular complexity index is 515. The molecule has 4 nitrogen and oxygen atoms in total. The molecule has 0 radical (unpaired) electrons. The third-order valence-corrected chi connectivity index (χ3v) is 4.12. The van der Waals surface area contributed by atoms with Crippen molar-refractivity contribution in [2.75, 3.05) is 13.1 Å². The van der Waals surface area contributed by atoms with Gasteiger partial charge in [-0.05, 0) is 42.9 Å². The van der Waals surface area contributed by atoms with Crippen LogP contribution in [0.2, 0.25) is 0 Å². The Morgan fingerprint density at radius 3 is 2.68 bits per heavy atom. The number of aliphatic hydroxyl groups is 1. The van der Waals surface area contributed by atoms with Gasteiger partial charge < -0.3 is 15.7 Å². The van der Waals surface area contributed by atoms with Gasteiger partial charge in [-0.25, -0.2) is 9.18 Å². The minimum Gasteiger partial charge on any atom is -0.391 e. The fourth-order valence-electron chi connectivity index (χ4n) is 2.69. The molecule has 22 heavy (non-hydrogen) atoms. The van der Waals surface area contributed by atoms with Crippen molar-refractivity contribution >= 4 is 6.03 Å². The third kappa shape index (κ3) is 4.70. The maximum atomic E-state index is 13.3. The molecule has 122 valence electrons. The first-order valence-corrected chi connectivity index (χ1v) is 7.87. The van der Waals surface area contributed by atoms with E-state index in [2.05, 4.69) is 10.6 Å². The predicted molar refractivity (Wildman–Crippen MR) is 84.2 cm³/mol. The highest BCUT2D eigenvalue weighted by molar-refractivity contribution is 5.74. The van der Waals surface area contributed by atoms with Gasteiger partial charge in [-0.15, -0.1) is 0 Å². The second kappa shape index (κ2) is 7.09. The number of hydrogen-bond donors (Lipinski definition) is 3. The monoisotopic (exact) mass is 308 g/mol. The summed E-state index contributed by atoms with van der Waals surface area (Å²) in [5.74, 6) is 0.146.